The van der Waals surface area contributed by atoms with Gasteiger partial charge in [0.2, 0.25) is 0 Å². The van der Waals surface area contributed by atoms with Crippen LogP contribution < -0.4 is 5.32 Å². The molecule has 3 aromatic heterocycles. The second-order valence-corrected chi connectivity index (χ2v) is 4.32. The Kier molecular flexibility index (Phi) is 3.45. The summed E-state index contributed by atoms with van der Waals surface area (Å²) in [5.74, 6) is 0.662. The molecule has 6 nitrogen and oxygen atoms in total. The van der Waals surface area contributed by atoms with E-state index in [0.29, 0.717) is 5.82 Å². The molecule has 0 fully saturated rings. The molecule has 0 saturated carbocycles. The summed E-state index contributed by atoms with van der Waals surface area (Å²) < 4.78 is 38.7. The molecule has 22 heavy (non-hydrogen) atoms. The first kappa shape index (κ1) is 14.0. The number of aromatic nitrogens is 5. The van der Waals surface area contributed by atoms with Gasteiger partial charge in [-0.15, -0.1) is 5.10 Å². The Balaban J connectivity index is 1.79. The van der Waals surface area contributed by atoms with Gasteiger partial charge in [0.05, 0.1) is 23.6 Å². The van der Waals surface area contributed by atoms with Crippen molar-refractivity contribution in [2.75, 3.05) is 5.32 Å². The molecule has 0 atom stereocenters. The number of hydrogen-bond donors (Lipinski definition) is 1. The van der Waals surface area contributed by atoms with Crippen LogP contribution in [0.15, 0.2) is 49.1 Å². The molecule has 0 aromatic carbocycles. The van der Waals surface area contributed by atoms with Crippen LogP contribution in [0, 0.1) is 0 Å². The molecule has 0 spiro atoms. The number of pyridine rings is 2. The highest BCUT2D eigenvalue weighted by molar-refractivity contribution is 5.53. The van der Waals surface area contributed by atoms with Crippen molar-refractivity contribution in [2.45, 2.75) is 6.18 Å². The summed E-state index contributed by atoms with van der Waals surface area (Å²) in [6, 6.07) is 5.72. The predicted molar refractivity (Wildman–Crippen MR) is 71.7 cm³/mol. The summed E-state index contributed by atoms with van der Waals surface area (Å²) in [7, 11) is 0. The maximum absolute atomic E-state index is 12.5. The molecule has 1 N–H and O–H groups in total. The number of halogens is 3. The Morgan fingerprint density at radius 1 is 1.09 bits per heavy atom. The zero-order valence-electron chi connectivity index (χ0n) is 11.0. The van der Waals surface area contributed by atoms with E-state index in [0.717, 1.165) is 18.0 Å². The van der Waals surface area contributed by atoms with Crippen LogP contribution in [0.1, 0.15) is 5.56 Å². The number of rotatable bonds is 3. The molecule has 112 valence electrons. The van der Waals surface area contributed by atoms with Crippen molar-refractivity contribution < 1.29 is 13.2 Å². The third-order valence-corrected chi connectivity index (χ3v) is 2.74. The second-order valence-electron chi connectivity index (χ2n) is 4.32. The molecule has 0 amide bonds. The number of nitrogens with zero attached hydrogens (tertiary/aromatic N) is 5. The van der Waals surface area contributed by atoms with Crippen molar-refractivity contribution in [1.29, 1.82) is 0 Å². The Morgan fingerprint density at radius 2 is 1.95 bits per heavy atom. The van der Waals surface area contributed by atoms with E-state index in [-0.39, 0.29) is 5.82 Å². The SMILES string of the molecule is FC(F)(F)c1ccc(-n2cc(Nc3cccnc3)nn2)nc1. The fourth-order valence-electron chi connectivity index (χ4n) is 1.71. The molecule has 9 heteroatoms. The van der Waals surface area contributed by atoms with Crippen LogP contribution in [0.3, 0.4) is 0 Å². The fraction of sp³-hybridized carbons (Fsp3) is 0.0769. The standard InChI is InChI=1S/C13H9F3N6/c14-13(15,16)9-3-4-12(18-6-9)22-8-11(20-21-22)19-10-2-1-5-17-7-10/h1-8,19H. The molecule has 0 aliphatic rings. The van der Waals surface area contributed by atoms with Gasteiger partial charge < -0.3 is 5.32 Å². The van der Waals surface area contributed by atoms with Gasteiger partial charge in [-0.25, -0.2) is 9.67 Å². The van der Waals surface area contributed by atoms with E-state index < -0.39 is 11.7 Å². The average Bonchev–Trinajstić information content (AvgIpc) is 2.96. The van der Waals surface area contributed by atoms with Crippen LogP contribution >= 0.6 is 0 Å². The van der Waals surface area contributed by atoms with E-state index in [1.165, 1.54) is 16.9 Å². The van der Waals surface area contributed by atoms with E-state index in [2.05, 4.69) is 25.6 Å². The van der Waals surface area contributed by atoms with Crippen LogP contribution in [0.2, 0.25) is 0 Å². The summed E-state index contributed by atoms with van der Waals surface area (Å²) in [6.45, 7) is 0. The van der Waals surface area contributed by atoms with Gasteiger partial charge in [0, 0.05) is 12.4 Å². The summed E-state index contributed by atoms with van der Waals surface area (Å²) in [6.07, 6.45) is 1.10. The minimum Gasteiger partial charge on any atom is -0.336 e. The lowest BCUT2D eigenvalue weighted by Crippen LogP contribution is -2.07. The van der Waals surface area contributed by atoms with Crippen LogP contribution in [0.25, 0.3) is 5.82 Å². The second kappa shape index (κ2) is 5.43. The minimum absolute atomic E-state index is 0.236. The zero-order valence-corrected chi connectivity index (χ0v) is 11.0. The summed E-state index contributed by atoms with van der Waals surface area (Å²) >= 11 is 0. The highest BCUT2D eigenvalue weighted by atomic mass is 19.4. The smallest absolute Gasteiger partial charge is 0.336 e. The van der Waals surface area contributed by atoms with Crippen molar-refractivity contribution >= 4 is 11.5 Å². The molecule has 0 aliphatic heterocycles. The quantitative estimate of drug-likeness (QED) is 0.806. The summed E-state index contributed by atoms with van der Waals surface area (Å²) in [5, 5.41) is 10.7. The summed E-state index contributed by atoms with van der Waals surface area (Å²) in [4.78, 5) is 7.68. The van der Waals surface area contributed by atoms with Crippen LogP contribution in [-0.2, 0) is 6.18 Å². The lowest BCUT2D eigenvalue weighted by Gasteiger charge is -2.06. The molecule has 3 aromatic rings. The molecular formula is C13H9F3N6. The van der Waals surface area contributed by atoms with E-state index in [1.54, 1.807) is 24.5 Å². The van der Waals surface area contributed by atoms with E-state index in [9.17, 15) is 13.2 Å². The molecule has 3 heterocycles. The number of anilines is 2. The zero-order chi connectivity index (χ0) is 15.6. The van der Waals surface area contributed by atoms with Gasteiger partial charge in [-0.2, -0.15) is 13.2 Å². The van der Waals surface area contributed by atoms with Crippen LogP contribution in [0.5, 0.6) is 0 Å². The van der Waals surface area contributed by atoms with Gasteiger partial charge in [0.15, 0.2) is 11.6 Å². The monoisotopic (exact) mass is 306 g/mol. The Bertz CT molecular complexity index is 751. The summed E-state index contributed by atoms with van der Waals surface area (Å²) in [5.41, 5.74) is -0.0972. The molecule has 3 rings (SSSR count). The van der Waals surface area contributed by atoms with Crippen molar-refractivity contribution in [2.24, 2.45) is 0 Å². The van der Waals surface area contributed by atoms with Crippen molar-refractivity contribution in [3.05, 3.63) is 54.6 Å². The third-order valence-electron chi connectivity index (χ3n) is 2.74. The molecule has 0 aliphatic carbocycles. The Morgan fingerprint density at radius 3 is 2.59 bits per heavy atom. The third kappa shape index (κ3) is 3.03. The molecule has 0 bridgehead atoms. The van der Waals surface area contributed by atoms with E-state index >= 15 is 0 Å². The first-order chi connectivity index (χ1) is 10.5. The minimum atomic E-state index is -4.42. The average molecular weight is 306 g/mol. The fourth-order valence-corrected chi connectivity index (χ4v) is 1.71. The first-order valence-corrected chi connectivity index (χ1v) is 6.15. The maximum Gasteiger partial charge on any atom is 0.417 e. The van der Waals surface area contributed by atoms with Crippen molar-refractivity contribution in [3.8, 4) is 5.82 Å². The normalized spacial score (nSPS) is 11.4. The van der Waals surface area contributed by atoms with Gasteiger partial charge in [0.25, 0.3) is 0 Å². The molecule has 0 unspecified atom stereocenters. The Hall–Kier alpha value is -2.97. The Labute approximate surface area is 122 Å². The van der Waals surface area contributed by atoms with Crippen molar-refractivity contribution in [3.63, 3.8) is 0 Å². The highest BCUT2D eigenvalue weighted by Gasteiger charge is 2.30. The van der Waals surface area contributed by atoms with Gasteiger partial charge >= 0.3 is 6.18 Å². The van der Waals surface area contributed by atoms with Gasteiger partial charge in [0.1, 0.15) is 0 Å². The molecule has 0 radical (unpaired) electrons. The van der Waals surface area contributed by atoms with Crippen LogP contribution in [-0.4, -0.2) is 25.0 Å². The van der Waals surface area contributed by atoms with E-state index in [1.807, 2.05) is 0 Å². The predicted octanol–water partition coefficient (Wildman–Crippen LogP) is 2.82. The largest absolute Gasteiger partial charge is 0.417 e. The lowest BCUT2D eigenvalue weighted by molar-refractivity contribution is -0.137. The highest BCUT2D eigenvalue weighted by Crippen LogP contribution is 2.28. The number of alkyl halides is 3. The number of nitrogens with one attached hydrogen (secondary N) is 1. The van der Waals surface area contributed by atoms with E-state index in [4.69, 9.17) is 0 Å². The first-order valence-electron chi connectivity index (χ1n) is 6.15. The van der Waals surface area contributed by atoms with Crippen molar-refractivity contribution in [1.82, 2.24) is 25.0 Å². The molecule has 0 saturated heterocycles. The number of hydrogen-bond acceptors (Lipinski definition) is 5. The van der Waals surface area contributed by atoms with Gasteiger partial charge in [-0.05, 0) is 24.3 Å². The maximum atomic E-state index is 12.5. The van der Waals surface area contributed by atoms with Gasteiger partial charge in [-0.1, -0.05) is 5.21 Å². The topological polar surface area (TPSA) is 68.5 Å². The molecular weight excluding hydrogens is 297 g/mol. The van der Waals surface area contributed by atoms with Crippen LogP contribution in [0.4, 0.5) is 24.7 Å². The lowest BCUT2D eigenvalue weighted by atomic mass is 10.3. The van der Waals surface area contributed by atoms with Gasteiger partial charge in [-0.3, -0.25) is 4.98 Å².